The number of halogens is 7. The lowest BCUT2D eigenvalue weighted by Crippen LogP contribution is -2.48. The summed E-state index contributed by atoms with van der Waals surface area (Å²) in [4.78, 5) is 19.3. The Balaban J connectivity index is 1.59. The first-order valence-electron chi connectivity index (χ1n) is 11.9. The maximum absolute atomic E-state index is 14.7. The minimum absolute atomic E-state index is 0.0492. The molecule has 0 saturated carbocycles. The highest BCUT2D eigenvalue weighted by atomic mass is 32.2. The third-order valence-corrected chi connectivity index (χ3v) is 8.35. The number of carbonyl (C=O) groups excluding carboxylic acids is 1. The summed E-state index contributed by atoms with van der Waals surface area (Å²) >= 11 is 0. The van der Waals surface area contributed by atoms with Crippen molar-refractivity contribution in [3.05, 3.63) is 72.1 Å². The second-order valence-electron chi connectivity index (χ2n) is 9.01. The Bertz CT molecular complexity index is 1500. The van der Waals surface area contributed by atoms with E-state index in [0.717, 1.165) is 42.7 Å². The van der Waals surface area contributed by atoms with Gasteiger partial charge in [-0.25, -0.2) is 27.2 Å². The van der Waals surface area contributed by atoms with Crippen molar-refractivity contribution in [2.75, 3.05) is 0 Å². The van der Waals surface area contributed by atoms with Gasteiger partial charge in [0.25, 0.3) is 0 Å². The second kappa shape index (κ2) is 11.6. The van der Waals surface area contributed by atoms with Crippen molar-refractivity contribution in [1.29, 1.82) is 0 Å². The van der Waals surface area contributed by atoms with Gasteiger partial charge in [-0.2, -0.15) is 26.3 Å². The van der Waals surface area contributed by atoms with Crippen LogP contribution >= 0.6 is 0 Å². The summed E-state index contributed by atoms with van der Waals surface area (Å²) in [5.41, 5.74) is 0.242. The number of carbonyl (C=O) groups is 1. The number of benzene rings is 2. The van der Waals surface area contributed by atoms with Crippen molar-refractivity contribution < 1.29 is 48.7 Å². The molecule has 16 heteroatoms. The molecule has 8 nitrogen and oxygen atoms in total. The van der Waals surface area contributed by atoms with E-state index in [0.29, 0.717) is 4.31 Å². The molecule has 41 heavy (non-hydrogen) atoms. The van der Waals surface area contributed by atoms with E-state index in [1.54, 1.807) is 0 Å². The van der Waals surface area contributed by atoms with E-state index < -0.39 is 71.6 Å². The molecule has 1 aromatic heterocycles. The summed E-state index contributed by atoms with van der Waals surface area (Å²) in [5, 5.41) is 2.39. The zero-order valence-electron chi connectivity index (χ0n) is 20.9. The van der Waals surface area contributed by atoms with Gasteiger partial charge in [-0.05, 0) is 48.9 Å². The Hall–Kier alpha value is -3.79. The topological polar surface area (TPSA) is 101 Å². The van der Waals surface area contributed by atoms with Gasteiger partial charge in [0.1, 0.15) is 23.8 Å². The molecule has 2 heterocycles. The number of rotatable bonds is 8. The van der Waals surface area contributed by atoms with Crippen LogP contribution in [0, 0.1) is 5.82 Å². The number of sulfonamides is 1. The first-order valence-corrected chi connectivity index (χ1v) is 13.3. The van der Waals surface area contributed by atoms with E-state index >= 15 is 0 Å². The molecule has 1 aliphatic heterocycles. The van der Waals surface area contributed by atoms with Gasteiger partial charge in [-0.15, -0.1) is 0 Å². The molecule has 1 amide bonds. The van der Waals surface area contributed by atoms with Gasteiger partial charge in [-0.1, -0.05) is 6.07 Å². The molecule has 1 aliphatic rings. The molecule has 3 atom stereocenters. The summed E-state index contributed by atoms with van der Waals surface area (Å²) < 4.78 is 124. The van der Waals surface area contributed by atoms with Crippen LogP contribution in [0.5, 0.6) is 5.75 Å². The molecule has 1 fully saturated rings. The fourth-order valence-electron chi connectivity index (χ4n) is 4.33. The Morgan fingerprint density at radius 3 is 2.32 bits per heavy atom. The summed E-state index contributed by atoms with van der Waals surface area (Å²) in [6.07, 6.45) is -5.25. The van der Waals surface area contributed by atoms with Crippen LogP contribution < -0.4 is 10.1 Å². The SMILES string of the molecule is C[C@H]1[C@H](F)C[C@@H](C(=O)NCc2cc(-c3cnc(C(F)(F)F)nc3)ccc2OC(F)F)N1S(=O)(=O)c1ccc(F)cc1. The number of nitrogens with zero attached hydrogens (tertiary/aromatic N) is 3. The largest absolute Gasteiger partial charge is 0.451 e. The first-order chi connectivity index (χ1) is 19.2. The Labute approximate surface area is 229 Å². The molecule has 1 saturated heterocycles. The number of hydrogen-bond acceptors (Lipinski definition) is 6. The second-order valence-corrected chi connectivity index (χ2v) is 10.9. The zero-order valence-corrected chi connectivity index (χ0v) is 21.8. The Morgan fingerprint density at radius 2 is 1.73 bits per heavy atom. The summed E-state index contributed by atoms with van der Waals surface area (Å²) in [6.45, 7) is -2.49. The lowest BCUT2D eigenvalue weighted by atomic mass is 10.0. The minimum atomic E-state index is -4.78. The molecular formula is C25H21F7N4O4S. The maximum Gasteiger partial charge on any atom is 0.451 e. The van der Waals surface area contributed by atoms with Crippen molar-refractivity contribution in [3.8, 4) is 16.9 Å². The smallest absolute Gasteiger partial charge is 0.434 e. The van der Waals surface area contributed by atoms with Crippen LogP contribution in [-0.4, -0.2) is 53.5 Å². The molecule has 220 valence electrons. The predicted molar refractivity (Wildman–Crippen MR) is 129 cm³/mol. The van der Waals surface area contributed by atoms with Gasteiger partial charge >= 0.3 is 12.8 Å². The zero-order chi connectivity index (χ0) is 30.1. The highest BCUT2D eigenvalue weighted by molar-refractivity contribution is 7.89. The van der Waals surface area contributed by atoms with Crippen LogP contribution in [-0.2, 0) is 27.5 Å². The van der Waals surface area contributed by atoms with E-state index in [1.807, 2.05) is 0 Å². The summed E-state index contributed by atoms with van der Waals surface area (Å²) in [7, 11) is -4.45. The lowest BCUT2D eigenvalue weighted by Gasteiger charge is -2.27. The number of amides is 1. The van der Waals surface area contributed by atoms with Gasteiger partial charge in [0.15, 0.2) is 0 Å². The fourth-order valence-corrected chi connectivity index (χ4v) is 6.14. The van der Waals surface area contributed by atoms with Crippen molar-refractivity contribution in [2.45, 2.75) is 55.8 Å². The molecule has 0 bridgehead atoms. The first kappa shape index (κ1) is 30.2. The Morgan fingerprint density at radius 1 is 1.10 bits per heavy atom. The number of nitrogens with one attached hydrogen (secondary N) is 1. The fraction of sp³-hybridized carbons (Fsp3) is 0.320. The van der Waals surface area contributed by atoms with Gasteiger partial charge in [0.2, 0.25) is 21.8 Å². The van der Waals surface area contributed by atoms with Crippen LogP contribution in [0.15, 0.2) is 59.8 Å². The van der Waals surface area contributed by atoms with E-state index in [2.05, 4.69) is 20.0 Å². The van der Waals surface area contributed by atoms with Gasteiger partial charge in [0.05, 0.1) is 10.9 Å². The Kier molecular flexibility index (Phi) is 8.54. The molecular weight excluding hydrogens is 585 g/mol. The summed E-state index contributed by atoms with van der Waals surface area (Å²) in [5.74, 6) is -3.42. The van der Waals surface area contributed by atoms with Crippen LogP contribution in [0.1, 0.15) is 24.7 Å². The highest BCUT2D eigenvalue weighted by Crippen LogP contribution is 2.34. The number of aromatic nitrogens is 2. The monoisotopic (exact) mass is 606 g/mol. The van der Waals surface area contributed by atoms with Crippen LogP contribution in [0.3, 0.4) is 0 Å². The van der Waals surface area contributed by atoms with Crippen LogP contribution in [0.4, 0.5) is 30.7 Å². The van der Waals surface area contributed by atoms with Crippen molar-refractivity contribution in [3.63, 3.8) is 0 Å². The molecule has 3 aromatic rings. The number of alkyl halides is 6. The predicted octanol–water partition coefficient (Wildman–Crippen LogP) is 4.71. The van der Waals surface area contributed by atoms with Crippen molar-refractivity contribution in [1.82, 2.24) is 19.6 Å². The van der Waals surface area contributed by atoms with E-state index in [4.69, 9.17) is 0 Å². The standard InChI is InChI=1S/C25H21F7N4O4S/c1-13-19(27)9-20(36(13)41(38,39)18-5-3-17(26)4-6-18)22(37)33-10-15-8-14(2-7-21(15)40-24(28)29)16-11-34-23(35-12-16)25(30,31)32/h2-8,11-13,19-20,24H,9-10H2,1H3,(H,33,37)/t13-,19+,20-/m0/s1. The average Bonchev–Trinajstić information content (AvgIpc) is 3.22. The lowest BCUT2D eigenvalue weighted by molar-refractivity contribution is -0.145. The maximum atomic E-state index is 14.7. The molecule has 2 aromatic carbocycles. The molecule has 0 radical (unpaired) electrons. The minimum Gasteiger partial charge on any atom is -0.434 e. The van der Waals surface area contributed by atoms with Crippen LogP contribution in [0.25, 0.3) is 11.1 Å². The van der Waals surface area contributed by atoms with E-state index in [9.17, 15) is 43.9 Å². The molecule has 0 aliphatic carbocycles. The average molecular weight is 607 g/mol. The van der Waals surface area contributed by atoms with Gasteiger partial charge in [0, 0.05) is 36.5 Å². The number of hydrogen-bond donors (Lipinski definition) is 1. The quantitative estimate of drug-likeness (QED) is 0.373. The molecule has 4 rings (SSSR count). The van der Waals surface area contributed by atoms with E-state index in [-0.39, 0.29) is 27.3 Å². The molecule has 0 unspecified atom stereocenters. The van der Waals surface area contributed by atoms with Gasteiger partial charge < -0.3 is 10.1 Å². The third kappa shape index (κ3) is 6.59. The number of ether oxygens (including phenoxy) is 1. The van der Waals surface area contributed by atoms with Crippen molar-refractivity contribution in [2.24, 2.45) is 0 Å². The van der Waals surface area contributed by atoms with Crippen LogP contribution in [0.2, 0.25) is 0 Å². The van der Waals surface area contributed by atoms with Crippen molar-refractivity contribution >= 4 is 15.9 Å². The highest BCUT2D eigenvalue weighted by Gasteiger charge is 2.49. The summed E-state index contributed by atoms with van der Waals surface area (Å²) in [6, 6.07) is 4.57. The third-order valence-electron chi connectivity index (χ3n) is 6.34. The van der Waals surface area contributed by atoms with Gasteiger partial charge in [-0.3, -0.25) is 4.79 Å². The van der Waals surface area contributed by atoms with E-state index in [1.165, 1.54) is 19.1 Å². The molecule has 0 spiro atoms. The molecule has 1 N–H and O–H groups in total. The normalized spacial score (nSPS) is 19.9.